The largest absolute Gasteiger partial charge is 0.487 e. The van der Waals surface area contributed by atoms with E-state index >= 15 is 4.39 Å². The van der Waals surface area contributed by atoms with Gasteiger partial charge in [-0.1, -0.05) is 5.16 Å². The highest BCUT2D eigenvalue weighted by molar-refractivity contribution is 5.98. The topological polar surface area (TPSA) is 119 Å². The predicted octanol–water partition coefficient (Wildman–Crippen LogP) is 1.72. The normalized spacial score (nSPS) is 24.8. The minimum absolute atomic E-state index is 0.0214. The summed E-state index contributed by atoms with van der Waals surface area (Å²) < 4.78 is 22.9. The molecule has 4 rings (SSSR count). The van der Waals surface area contributed by atoms with E-state index in [4.69, 9.17) is 15.3 Å². The minimum atomic E-state index is -1.35. The van der Waals surface area contributed by atoms with Crippen molar-refractivity contribution in [2.75, 3.05) is 31.7 Å². The van der Waals surface area contributed by atoms with Crippen LogP contribution in [0.2, 0.25) is 0 Å². The maximum Gasteiger partial charge on any atom is 0.341 e. The molecule has 160 valence electrons. The maximum absolute atomic E-state index is 15.3. The van der Waals surface area contributed by atoms with Crippen LogP contribution in [0.3, 0.4) is 0 Å². The Morgan fingerprint density at radius 1 is 1.50 bits per heavy atom. The molecular formula is C20H23FN4O5. The molecule has 3 N–H and O–H groups in total. The van der Waals surface area contributed by atoms with Crippen molar-refractivity contribution < 1.29 is 23.9 Å². The van der Waals surface area contributed by atoms with Crippen LogP contribution in [0.15, 0.2) is 22.2 Å². The zero-order valence-electron chi connectivity index (χ0n) is 16.9. The number of benzene rings is 1. The van der Waals surface area contributed by atoms with Crippen molar-refractivity contribution in [2.24, 2.45) is 10.9 Å². The van der Waals surface area contributed by atoms with Gasteiger partial charge < -0.3 is 29.9 Å². The van der Waals surface area contributed by atoms with E-state index in [2.05, 4.69) is 5.16 Å². The molecule has 2 atom stereocenters. The van der Waals surface area contributed by atoms with Gasteiger partial charge in [0.1, 0.15) is 25.0 Å². The second kappa shape index (κ2) is 6.98. The van der Waals surface area contributed by atoms with Crippen LogP contribution in [0.5, 0.6) is 5.75 Å². The van der Waals surface area contributed by atoms with Gasteiger partial charge in [0.05, 0.1) is 28.2 Å². The summed E-state index contributed by atoms with van der Waals surface area (Å²) in [5, 5.41) is 13.4. The highest BCUT2D eigenvalue weighted by Crippen LogP contribution is 2.42. The average molecular weight is 418 g/mol. The number of carboxylic acid groups (broad SMARTS) is 1. The van der Waals surface area contributed by atoms with Gasteiger partial charge >= 0.3 is 5.97 Å². The average Bonchev–Trinajstić information content (AvgIpc) is 2.67. The summed E-state index contributed by atoms with van der Waals surface area (Å²) in [5.74, 6) is -1.79. The molecule has 9 nitrogen and oxygen atoms in total. The number of pyridine rings is 1. The highest BCUT2D eigenvalue weighted by Gasteiger charge is 2.37. The molecule has 3 heterocycles. The monoisotopic (exact) mass is 418 g/mol. The molecule has 2 aliphatic rings. The third kappa shape index (κ3) is 2.98. The number of nitrogens with two attached hydrogens (primary N) is 1. The molecule has 0 aliphatic carbocycles. The number of rotatable bonds is 3. The SMILES string of the molecule is CO/N=C1\CCN(c2c(F)cc3c(=O)c(C(=O)O)cn4c3c2OC[C@@H]4C)CC1(C)N. The Kier molecular flexibility index (Phi) is 4.69. The second-order valence-electron chi connectivity index (χ2n) is 7.99. The molecule has 2 aromatic rings. The fourth-order valence-electron chi connectivity index (χ4n) is 4.20. The van der Waals surface area contributed by atoms with E-state index in [1.807, 2.05) is 6.92 Å². The number of hydrogen-bond acceptors (Lipinski definition) is 7. The number of nitrogens with zero attached hydrogens (tertiary/aromatic N) is 3. The minimum Gasteiger partial charge on any atom is -0.487 e. The van der Waals surface area contributed by atoms with Crippen LogP contribution in [0, 0.1) is 5.82 Å². The predicted molar refractivity (Wildman–Crippen MR) is 109 cm³/mol. The van der Waals surface area contributed by atoms with Crippen LogP contribution in [0.1, 0.15) is 36.7 Å². The Labute approximate surface area is 171 Å². The number of aromatic carboxylic acids is 1. The maximum atomic E-state index is 15.3. The Balaban J connectivity index is 1.93. The highest BCUT2D eigenvalue weighted by atomic mass is 19.1. The lowest BCUT2D eigenvalue weighted by Crippen LogP contribution is -2.59. The van der Waals surface area contributed by atoms with Gasteiger partial charge in [-0.15, -0.1) is 0 Å². The first-order valence-corrected chi connectivity index (χ1v) is 9.57. The second-order valence-corrected chi connectivity index (χ2v) is 7.99. The molecule has 0 radical (unpaired) electrons. The summed E-state index contributed by atoms with van der Waals surface area (Å²) in [6.07, 6.45) is 1.77. The van der Waals surface area contributed by atoms with Gasteiger partial charge in [-0.2, -0.15) is 0 Å². The quantitative estimate of drug-likeness (QED) is 0.729. The van der Waals surface area contributed by atoms with E-state index in [1.54, 1.807) is 16.4 Å². The van der Waals surface area contributed by atoms with Gasteiger partial charge in [-0.3, -0.25) is 4.79 Å². The van der Waals surface area contributed by atoms with E-state index in [0.717, 1.165) is 6.07 Å². The Bertz CT molecular complexity index is 1140. The summed E-state index contributed by atoms with van der Waals surface area (Å²) in [5.41, 5.74) is 5.67. The van der Waals surface area contributed by atoms with Crippen molar-refractivity contribution in [1.82, 2.24) is 4.57 Å². The van der Waals surface area contributed by atoms with Gasteiger partial charge in [0.25, 0.3) is 0 Å². The Hall–Kier alpha value is -3.14. The molecule has 0 saturated carbocycles. The fourth-order valence-corrected chi connectivity index (χ4v) is 4.20. The zero-order valence-corrected chi connectivity index (χ0v) is 16.9. The van der Waals surface area contributed by atoms with E-state index in [9.17, 15) is 14.7 Å². The fraction of sp³-hybridized carbons (Fsp3) is 0.450. The van der Waals surface area contributed by atoms with Crippen molar-refractivity contribution in [3.63, 3.8) is 0 Å². The number of ether oxygens (including phenoxy) is 1. The molecule has 10 heteroatoms. The summed E-state index contributed by atoms with van der Waals surface area (Å²) in [4.78, 5) is 30.9. The van der Waals surface area contributed by atoms with Crippen LogP contribution in [0.4, 0.5) is 10.1 Å². The molecule has 0 bridgehead atoms. The van der Waals surface area contributed by atoms with Crippen molar-refractivity contribution in [3.05, 3.63) is 33.9 Å². The molecule has 1 fully saturated rings. The first kappa shape index (κ1) is 20.1. The van der Waals surface area contributed by atoms with Gasteiger partial charge in [-0.05, 0) is 19.9 Å². The molecule has 0 spiro atoms. The molecule has 1 aromatic heterocycles. The lowest BCUT2D eigenvalue weighted by Gasteiger charge is -2.41. The van der Waals surface area contributed by atoms with Crippen molar-refractivity contribution in [1.29, 1.82) is 0 Å². The van der Waals surface area contributed by atoms with E-state index in [-0.39, 0.29) is 36.0 Å². The van der Waals surface area contributed by atoms with Crippen LogP contribution in [0.25, 0.3) is 10.9 Å². The molecule has 30 heavy (non-hydrogen) atoms. The number of carbonyl (C=O) groups is 1. The lowest BCUT2D eigenvalue weighted by atomic mass is 9.89. The lowest BCUT2D eigenvalue weighted by molar-refractivity contribution is 0.0694. The standard InChI is InChI=1S/C20H23FN4O5/c1-10-8-30-18-15-11(17(26)12(19(27)28)7-25(10)15)6-13(21)16(18)24-5-4-14(23-29-3)20(2,22)9-24/h6-7,10H,4-5,8-9,22H2,1-3H3,(H,27,28)/b23-14+/t10-,20?/m0/s1. The molecule has 1 aromatic carbocycles. The molecule has 1 saturated heterocycles. The number of oxime groups is 1. The Morgan fingerprint density at radius 2 is 2.23 bits per heavy atom. The number of anilines is 1. The molecule has 0 amide bonds. The number of carboxylic acids is 1. The smallest absolute Gasteiger partial charge is 0.341 e. The summed E-state index contributed by atoms with van der Waals surface area (Å²) >= 11 is 0. The van der Waals surface area contributed by atoms with Crippen molar-refractivity contribution in [2.45, 2.75) is 31.8 Å². The van der Waals surface area contributed by atoms with Crippen LogP contribution in [-0.4, -0.2) is 53.7 Å². The summed E-state index contributed by atoms with van der Waals surface area (Å²) in [7, 11) is 1.45. The van der Waals surface area contributed by atoms with Gasteiger partial charge in [-0.25, -0.2) is 9.18 Å². The van der Waals surface area contributed by atoms with Crippen LogP contribution in [-0.2, 0) is 4.84 Å². The molecule has 2 aliphatic heterocycles. The van der Waals surface area contributed by atoms with E-state index in [0.29, 0.717) is 24.2 Å². The zero-order chi connectivity index (χ0) is 21.8. The van der Waals surface area contributed by atoms with Crippen LogP contribution < -0.4 is 20.8 Å². The molecule has 1 unspecified atom stereocenters. The first-order valence-electron chi connectivity index (χ1n) is 9.57. The number of halogens is 1. The van der Waals surface area contributed by atoms with E-state index < -0.39 is 28.3 Å². The van der Waals surface area contributed by atoms with Gasteiger partial charge in [0.2, 0.25) is 5.43 Å². The number of aromatic nitrogens is 1. The number of piperidine rings is 1. The third-order valence-corrected chi connectivity index (χ3v) is 5.69. The summed E-state index contributed by atoms with van der Waals surface area (Å²) in [6.45, 7) is 4.54. The van der Waals surface area contributed by atoms with E-state index in [1.165, 1.54) is 13.3 Å². The Morgan fingerprint density at radius 3 is 2.87 bits per heavy atom. The first-order chi connectivity index (χ1) is 14.2. The molecular weight excluding hydrogens is 395 g/mol. The summed E-state index contributed by atoms with van der Waals surface area (Å²) in [6, 6.07) is 0.867. The van der Waals surface area contributed by atoms with Crippen LogP contribution >= 0.6 is 0 Å². The van der Waals surface area contributed by atoms with Gasteiger partial charge in [0.15, 0.2) is 11.6 Å². The van der Waals surface area contributed by atoms with Crippen molar-refractivity contribution in [3.8, 4) is 5.75 Å². The number of hydrogen-bond donors (Lipinski definition) is 2. The third-order valence-electron chi connectivity index (χ3n) is 5.69. The van der Waals surface area contributed by atoms with Crippen molar-refractivity contribution >= 4 is 28.3 Å². The van der Waals surface area contributed by atoms with Gasteiger partial charge in [0, 0.05) is 25.7 Å².